The standard InChI is InChI=1S/C19H22N2O3/c1-14-6-7-18(20-12-14)24-17-8-9-21(13-17)19(22)11-15-4-3-5-16(10-15)23-2/h3-7,10,12,17H,8-9,11,13H2,1-2H3. The minimum absolute atomic E-state index is 0.00876. The summed E-state index contributed by atoms with van der Waals surface area (Å²) in [6.07, 6.45) is 3.01. The fraction of sp³-hybridized carbons (Fsp3) is 0.368. The predicted octanol–water partition coefficient (Wildman–Crippen LogP) is 2.62. The zero-order valence-electron chi connectivity index (χ0n) is 14.1. The van der Waals surface area contributed by atoms with Gasteiger partial charge in [-0.1, -0.05) is 18.2 Å². The van der Waals surface area contributed by atoms with Crippen molar-refractivity contribution in [3.05, 3.63) is 53.7 Å². The van der Waals surface area contributed by atoms with Crippen LogP contribution in [0, 0.1) is 6.92 Å². The van der Waals surface area contributed by atoms with Crippen LogP contribution in [-0.4, -0.2) is 42.1 Å². The van der Waals surface area contributed by atoms with E-state index in [1.807, 2.05) is 48.2 Å². The molecule has 0 aliphatic carbocycles. The van der Waals surface area contributed by atoms with Crippen molar-refractivity contribution in [2.75, 3.05) is 20.2 Å². The second kappa shape index (κ2) is 7.34. The molecule has 5 nitrogen and oxygen atoms in total. The molecule has 1 atom stereocenters. The molecule has 1 unspecified atom stereocenters. The molecule has 2 heterocycles. The minimum atomic E-state index is 0.00876. The summed E-state index contributed by atoms with van der Waals surface area (Å²) in [5.74, 6) is 1.51. The van der Waals surface area contributed by atoms with Crippen molar-refractivity contribution in [3.8, 4) is 11.6 Å². The van der Waals surface area contributed by atoms with Gasteiger partial charge in [0.05, 0.1) is 20.1 Å². The Morgan fingerprint density at radius 1 is 1.33 bits per heavy atom. The molecule has 1 aliphatic rings. The zero-order chi connectivity index (χ0) is 16.9. The van der Waals surface area contributed by atoms with Crippen LogP contribution in [0.5, 0.6) is 11.6 Å². The first-order valence-corrected chi connectivity index (χ1v) is 8.14. The van der Waals surface area contributed by atoms with Crippen molar-refractivity contribution in [1.82, 2.24) is 9.88 Å². The Morgan fingerprint density at radius 2 is 2.21 bits per heavy atom. The van der Waals surface area contributed by atoms with Crippen LogP contribution < -0.4 is 9.47 Å². The Kier molecular flexibility index (Phi) is 4.99. The SMILES string of the molecule is COc1cccc(CC(=O)N2CCC(Oc3ccc(C)cn3)C2)c1. The molecule has 1 amide bonds. The van der Waals surface area contributed by atoms with Gasteiger partial charge in [-0.2, -0.15) is 0 Å². The van der Waals surface area contributed by atoms with E-state index in [-0.39, 0.29) is 12.0 Å². The maximum absolute atomic E-state index is 12.5. The number of amides is 1. The molecule has 1 aromatic heterocycles. The number of aromatic nitrogens is 1. The van der Waals surface area contributed by atoms with Crippen molar-refractivity contribution < 1.29 is 14.3 Å². The van der Waals surface area contributed by atoms with E-state index in [9.17, 15) is 4.79 Å². The van der Waals surface area contributed by atoms with Crippen LogP contribution in [0.15, 0.2) is 42.6 Å². The Hall–Kier alpha value is -2.56. The highest BCUT2D eigenvalue weighted by molar-refractivity contribution is 5.79. The van der Waals surface area contributed by atoms with Gasteiger partial charge in [0, 0.05) is 25.2 Å². The van der Waals surface area contributed by atoms with Crippen molar-refractivity contribution in [2.45, 2.75) is 25.9 Å². The van der Waals surface area contributed by atoms with Crippen molar-refractivity contribution in [1.29, 1.82) is 0 Å². The summed E-state index contributed by atoms with van der Waals surface area (Å²) in [4.78, 5) is 18.6. The summed E-state index contributed by atoms with van der Waals surface area (Å²) >= 11 is 0. The van der Waals surface area contributed by atoms with Gasteiger partial charge in [-0.3, -0.25) is 4.79 Å². The summed E-state index contributed by atoms with van der Waals surface area (Å²) in [7, 11) is 1.63. The molecular formula is C19H22N2O3. The second-order valence-corrected chi connectivity index (χ2v) is 6.07. The number of benzene rings is 1. The molecule has 1 aliphatic heterocycles. The molecule has 1 fully saturated rings. The van der Waals surface area contributed by atoms with E-state index in [4.69, 9.17) is 9.47 Å². The van der Waals surface area contributed by atoms with Crippen LogP contribution in [0.2, 0.25) is 0 Å². The topological polar surface area (TPSA) is 51.7 Å². The van der Waals surface area contributed by atoms with Gasteiger partial charge in [0.1, 0.15) is 11.9 Å². The van der Waals surface area contributed by atoms with Gasteiger partial charge in [0.25, 0.3) is 0 Å². The number of carbonyl (C=O) groups is 1. The number of likely N-dealkylation sites (tertiary alicyclic amines) is 1. The highest BCUT2D eigenvalue weighted by Crippen LogP contribution is 2.19. The molecule has 2 aromatic rings. The quantitative estimate of drug-likeness (QED) is 0.847. The van der Waals surface area contributed by atoms with Gasteiger partial charge in [0.15, 0.2) is 0 Å². The smallest absolute Gasteiger partial charge is 0.227 e. The lowest BCUT2D eigenvalue weighted by Gasteiger charge is -2.17. The van der Waals surface area contributed by atoms with Gasteiger partial charge in [0.2, 0.25) is 11.8 Å². The molecule has 3 rings (SSSR count). The normalized spacial score (nSPS) is 16.9. The van der Waals surface area contributed by atoms with E-state index >= 15 is 0 Å². The Labute approximate surface area is 142 Å². The summed E-state index contributed by atoms with van der Waals surface area (Å²) in [6, 6.07) is 11.5. The average Bonchev–Trinajstić information content (AvgIpc) is 3.06. The summed E-state index contributed by atoms with van der Waals surface area (Å²) in [5, 5.41) is 0. The molecule has 24 heavy (non-hydrogen) atoms. The molecule has 1 aromatic carbocycles. The number of hydrogen-bond acceptors (Lipinski definition) is 4. The van der Waals surface area contributed by atoms with Crippen LogP contribution >= 0.6 is 0 Å². The first kappa shape index (κ1) is 16.3. The fourth-order valence-corrected chi connectivity index (χ4v) is 2.81. The maximum Gasteiger partial charge on any atom is 0.227 e. The number of hydrogen-bond donors (Lipinski definition) is 0. The number of ether oxygens (including phenoxy) is 2. The summed E-state index contributed by atoms with van der Waals surface area (Å²) in [6.45, 7) is 3.32. The Bertz CT molecular complexity index is 700. The monoisotopic (exact) mass is 326 g/mol. The number of nitrogens with zero attached hydrogens (tertiary/aromatic N) is 2. The molecular weight excluding hydrogens is 304 g/mol. The Morgan fingerprint density at radius 3 is 2.96 bits per heavy atom. The molecule has 126 valence electrons. The first-order chi connectivity index (χ1) is 11.6. The fourth-order valence-electron chi connectivity index (χ4n) is 2.81. The van der Waals surface area contributed by atoms with Crippen molar-refractivity contribution >= 4 is 5.91 Å². The third-order valence-corrected chi connectivity index (χ3v) is 4.16. The third kappa shape index (κ3) is 4.04. The molecule has 0 bridgehead atoms. The summed E-state index contributed by atoms with van der Waals surface area (Å²) < 4.78 is 11.1. The maximum atomic E-state index is 12.5. The van der Waals surface area contributed by atoms with E-state index < -0.39 is 0 Å². The summed E-state index contributed by atoms with van der Waals surface area (Å²) in [5.41, 5.74) is 2.06. The van der Waals surface area contributed by atoms with Gasteiger partial charge >= 0.3 is 0 Å². The minimum Gasteiger partial charge on any atom is -0.497 e. The van der Waals surface area contributed by atoms with Crippen LogP contribution in [0.25, 0.3) is 0 Å². The number of aryl methyl sites for hydroxylation is 1. The van der Waals surface area contributed by atoms with Crippen LogP contribution in [0.3, 0.4) is 0 Å². The van der Waals surface area contributed by atoms with Crippen molar-refractivity contribution in [3.63, 3.8) is 0 Å². The number of methoxy groups -OCH3 is 1. The van der Waals surface area contributed by atoms with E-state index in [0.29, 0.717) is 18.8 Å². The van der Waals surface area contributed by atoms with Gasteiger partial charge in [-0.25, -0.2) is 4.98 Å². The molecule has 0 saturated carbocycles. The van der Waals surface area contributed by atoms with Crippen LogP contribution in [-0.2, 0) is 11.2 Å². The van der Waals surface area contributed by atoms with Crippen molar-refractivity contribution in [2.24, 2.45) is 0 Å². The highest BCUT2D eigenvalue weighted by atomic mass is 16.5. The third-order valence-electron chi connectivity index (χ3n) is 4.16. The number of carbonyl (C=O) groups excluding carboxylic acids is 1. The van der Waals surface area contributed by atoms with E-state index in [0.717, 1.165) is 29.8 Å². The molecule has 5 heteroatoms. The molecule has 1 saturated heterocycles. The second-order valence-electron chi connectivity index (χ2n) is 6.07. The largest absolute Gasteiger partial charge is 0.497 e. The lowest BCUT2D eigenvalue weighted by molar-refractivity contribution is -0.129. The first-order valence-electron chi connectivity index (χ1n) is 8.14. The lowest BCUT2D eigenvalue weighted by atomic mass is 10.1. The van der Waals surface area contributed by atoms with Crippen LogP contribution in [0.4, 0.5) is 0 Å². The molecule has 0 radical (unpaired) electrons. The van der Waals surface area contributed by atoms with Gasteiger partial charge in [-0.05, 0) is 30.2 Å². The highest BCUT2D eigenvalue weighted by Gasteiger charge is 2.27. The van der Waals surface area contributed by atoms with Gasteiger partial charge < -0.3 is 14.4 Å². The Balaban J connectivity index is 1.54. The zero-order valence-corrected chi connectivity index (χ0v) is 14.1. The van der Waals surface area contributed by atoms with E-state index in [2.05, 4.69) is 4.98 Å². The predicted molar refractivity (Wildman–Crippen MR) is 91.3 cm³/mol. The number of rotatable bonds is 5. The lowest BCUT2D eigenvalue weighted by Crippen LogP contribution is -2.32. The van der Waals surface area contributed by atoms with E-state index in [1.165, 1.54) is 0 Å². The molecule has 0 N–H and O–H groups in total. The van der Waals surface area contributed by atoms with Crippen LogP contribution in [0.1, 0.15) is 17.5 Å². The average molecular weight is 326 g/mol. The van der Waals surface area contributed by atoms with Gasteiger partial charge in [-0.15, -0.1) is 0 Å². The molecule has 0 spiro atoms. The number of pyridine rings is 1. The van der Waals surface area contributed by atoms with E-state index in [1.54, 1.807) is 13.3 Å².